The van der Waals surface area contributed by atoms with Crippen LogP contribution in [0.25, 0.3) is 0 Å². The van der Waals surface area contributed by atoms with Crippen LogP contribution < -0.4 is 0 Å². The van der Waals surface area contributed by atoms with Gasteiger partial charge in [0, 0.05) is 19.3 Å². The Balaban J connectivity index is 4.53. The summed E-state index contributed by atoms with van der Waals surface area (Å²) in [5, 5.41) is 20.6. The van der Waals surface area contributed by atoms with E-state index in [4.69, 9.17) is 32.3 Å². The van der Waals surface area contributed by atoms with Crippen molar-refractivity contribution in [2.45, 2.75) is 334 Å². The molecule has 5 unspecified atom stereocenters. The largest absolute Gasteiger partial charge is 0.472 e. The van der Waals surface area contributed by atoms with Gasteiger partial charge in [-0.1, -0.05) is 284 Å². The second kappa shape index (κ2) is 73.7. The van der Waals surface area contributed by atoms with Crippen LogP contribution in [0.4, 0.5) is 0 Å². The van der Waals surface area contributed by atoms with Crippen LogP contribution in [0.5, 0.6) is 0 Å². The molecule has 0 saturated heterocycles. The van der Waals surface area contributed by atoms with E-state index >= 15 is 0 Å². The second-order valence-corrected chi connectivity index (χ2v) is 28.7. The molecule has 0 saturated carbocycles. The summed E-state index contributed by atoms with van der Waals surface area (Å²) >= 11 is 0. The monoisotopic (exact) mass is 1430 g/mol. The van der Waals surface area contributed by atoms with Crippen LogP contribution in [0.3, 0.4) is 0 Å². The fourth-order valence-corrected chi connectivity index (χ4v) is 11.8. The molecule has 18 heteroatoms. The summed E-state index contributed by atoms with van der Waals surface area (Å²) in [5.74, 6) is -1.60. The molecule has 0 rings (SSSR count). The Bertz CT molecular complexity index is 2290. The first-order valence-corrected chi connectivity index (χ1v) is 41.8. The average Bonchev–Trinajstić information content (AvgIpc) is 1.73. The molecule has 0 aromatic carbocycles. The van der Waals surface area contributed by atoms with Crippen LogP contribution in [0.15, 0.2) is 122 Å². The van der Waals surface area contributed by atoms with Crippen molar-refractivity contribution in [3.05, 3.63) is 122 Å². The van der Waals surface area contributed by atoms with Crippen molar-refractivity contribution < 1.29 is 75.8 Å². The molecule has 0 bridgehead atoms. The van der Waals surface area contributed by atoms with E-state index in [-0.39, 0.29) is 19.3 Å². The second-order valence-electron chi connectivity index (χ2n) is 25.8. The zero-order valence-electron chi connectivity index (χ0n) is 62.1. The van der Waals surface area contributed by atoms with Gasteiger partial charge in [0.25, 0.3) is 0 Å². The Morgan fingerprint density at radius 1 is 0.293 bits per heavy atom. The quantitative estimate of drug-likeness (QED) is 0.0146. The first-order valence-electron chi connectivity index (χ1n) is 38.8. The zero-order chi connectivity index (χ0) is 72.3. The lowest BCUT2D eigenvalue weighted by Crippen LogP contribution is -2.30. The van der Waals surface area contributed by atoms with Gasteiger partial charge in [-0.3, -0.25) is 32.5 Å². The summed E-state index contributed by atoms with van der Waals surface area (Å²) < 4.78 is 61.1. The maximum absolute atomic E-state index is 12.9. The van der Waals surface area contributed by atoms with Crippen LogP contribution in [0, 0.1) is 0 Å². The summed E-state index contributed by atoms with van der Waals surface area (Å²) in [4.78, 5) is 58.6. The minimum absolute atomic E-state index is 0.0844. The molecule has 0 fully saturated rings. The minimum Gasteiger partial charge on any atom is -0.463 e. The number of hydrogen-bond donors (Lipinski definition) is 4. The number of phosphoric acid groups is 2. The SMILES string of the molecule is CC/C=C\C/C=C\C/C=C\C/C=C\C/C=C\CCCCCCCCCCCCCCCC(=O)OCC(O)COP(=O)(O)OCC(O)COP(=O)(O)OCC(COC(=O)CCCCCCCC/C=C\C/C=C\C/C=C\CCCCC)OC(=O)CCCCCCC/C=C\C/C=C\CCCCC. The predicted octanol–water partition coefficient (Wildman–Crippen LogP) is 22.5. The van der Waals surface area contributed by atoms with Gasteiger partial charge in [0.05, 0.1) is 26.4 Å². The number of carbonyl (C=O) groups is 3. The Labute approximate surface area is 602 Å². The maximum Gasteiger partial charge on any atom is 0.472 e. The number of esters is 3. The summed E-state index contributed by atoms with van der Waals surface area (Å²) in [6.07, 6.45) is 86.7. The van der Waals surface area contributed by atoms with Gasteiger partial charge < -0.3 is 34.2 Å². The lowest BCUT2D eigenvalue weighted by molar-refractivity contribution is -0.161. The molecule has 0 aliphatic heterocycles. The normalized spacial score (nSPS) is 14.7. The van der Waals surface area contributed by atoms with Crippen molar-refractivity contribution in [3.8, 4) is 0 Å². The third kappa shape index (κ3) is 74.9. The van der Waals surface area contributed by atoms with Gasteiger partial charge >= 0.3 is 33.6 Å². The van der Waals surface area contributed by atoms with Gasteiger partial charge in [0.1, 0.15) is 25.4 Å². The molecule has 16 nitrogen and oxygen atoms in total. The summed E-state index contributed by atoms with van der Waals surface area (Å²) in [7, 11) is -9.79. The molecule has 4 N–H and O–H groups in total. The van der Waals surface area contributed by atoms with Crippen molar-refractivity contribution in [1.29, 1.82) is 0 Å². The van der Waals surface area contributed by atoms with Gasteiger partial charge in [-0.25, -0.2) is 9.13 Å². The molecule has 0 heterocycles. The number of rotatable bonds is 73. The van der Waals surface area contributed by atoms with E-state index in [9.17, 15) is 43.5 Å². The van der Waals surface area contributed by atoms with Crippen LogP contribution >= 0.6 is 15.6 Å². The molecule has 0 aliphatic rings. The van der Waals surface area contributed by atoms with E-state index in [2.05, 4.69) is 142 Å². The predicted molar refractivity (Wildman–Crippen MR) is 408 cm³/mol. The third-order valence-electron chi connectivity index (χ3n) is 16.1. The first-order chi connectivity index (χ1) is 48.2. The molecule has 0 amide bonds. The molecule has 5 atom stereocenters. The highest BCUT2D eigenvalue weighted by atomic mass is 31.2. The Hall–Kier alpha value is -4.05. The molecular formula is C81H140O16P2. The number of aliphatic hydroxyl groups is 2. The third-order valence-corrected chi connectivity index (χ3v) is 18.0. The Morgan fingerprint density at radius 2 is 0.535 bits per heavy atom. The summed E-state index contributed by atoms with van der Waals surface area (Å²) in [5.41, 5.74) is 0. The maximum atomic E-state index is 12.9. The number of ether oxygens (including phenoxy) is 3. The summed E-state index contributed by atoms with van der Waals surface area (Å²) in [6, 6.07) is 0. The first kappa shape index (κ1) is 94.9. The molecular weight excluding hydrogens is 1290 g/mol. The lowest BCUT2D eigenvalue weighted by Gasteiger charge is -2.21. The lowest BCUT2D eigenvalue weighted by atomic mass is 10.0. The number of carbonyl (C=O) groups excluding carboxylic acids is 3. The van der Waals surface area contributed by atoms with Crippen LogP contribution in [-0.4, -0.2) is 95.9 Å². The molecule has 0 spiro atoms. The number of unbranched alkanes of at least 4 members (excludes halogenated alkanes) is 30. The zero-order valence-corrected chi connectivity index (χ0v) is 63.9. The fourth-order valence-electron chi connectivity index (χ4n) is 10.2. The molecule has 99 heavy (non-hydrogen) atoms. The summed E-state index contributed by atoms with van der Waals surface area (Å²) in [6.45, 7) is 2.49. The van der Waals surface area contributed by atoms with Crippen LogP contribution in [0.1, 0.15) is 316 Å². The topological polar surface area (TPSA) is 231 Å². The number of aliphatic hydroxyl groups excluding tert-OH is 2. The highest BCUT2D eigenvalue weighted by molar-refractivity contribution is 7.47. The van der Waals surface area contributed by atoms with Crippen molar-refractivity contribution in [2.24, 2.45) is 0 Å². The highest BCUT2D eigenvalue weighted by Crippen LogP contribution is 2.45. The van der Waals surface area contributed by atoms with Crippen molar-refractivity contribution in [1.82, 2.24) is 0 Å². The smallest absolute Gasteiger partial charge is 0.463 e. The number of hydrogen-bond acceptors (Lipinski definition) is 14. The molecule has 0 radical (unpaired) electrons. The van der Waals surface area contributed by atoms with E-state index in [0.29, 0.717) is 19.3 Å². The van der Waals surface area contributed by atoms with Gasteiger partial charge in [0.15, 0.2) is 6.10 Å². The van der Waals surface area contributed by atoms with Crippen LogP contribution in [-0.2, 0) is 55.8 Å². The van der Waals surface area contributed by atoms with Gasteiger partial charge in [-0.05, 0) is 135 Å². The number of allylic oxidation sites excluding steroid dienone is 20. The van der Waals surface area contributed by atoms with Crippen molar-refractivity contribution in [2.75, 3.05) is 39.6 Å². The highest BCUT2D eigenvalue weighted by Gasteiger charge is 2.29. The average molecular weight is 1430 g/mol. The van der Waals surface area contributed by atoms with Gasteiger partial charge in [-0.2, -0.15) is 0 Å². The standard InChI is InChI=1S/C81H140O16P2/c1-4-7-10-13-16-19-22-25-28-30-32-33-34-35-36-37-38-39-40-41-43-45-47-49-52-55-58-61-64-67-79(84)91-70-76(82)71-93-98(87,88)94-72-77(83)73-95-99(89,90)96-75-78(97-81(86)69-66-63-60-57-54-51-46-27-24-21-18-15-12-9-6-3)74-92-80(85)68-65-62-59-56-53-50-48-44-42-31-29-26-23-20-17-14-11-8-5-2/h7,10,16-21,25-29,32-33,35-36,42,44,46,76-78,82-83H,4-6,8-9,11-15,22-24,30-31,34,37-41,43,45,47-75H2,1-3H3,(H,87,88)(H,89,90)/b10-7-,19-16-,20-17-,21-18-,28-25-,29-26-,33-32-,36-35-,44-42-,46-27-. The van der Waals surface area contributed by atoms with Crippen LogP contribution in [0.2, 0.25) is 0 Å². The Morgan fingerprint density at radius 3 is 0.848 bits per heavy atom. The van der Waals surface area contributed by atoms with Crippen molar-refractivity contribution in [3.63, 3.8) is 0 Å². The van der Waals surface area contributed by atoms with E-state index in [1.807, 2.05) is 0 Å². The van der Waals surface area contributed by atoms with E-state index in [1.54, 1.807) is 0 Å². The Kier molecular flexibility index (Phi) is 70.7. The molecule has 0 aliphatic carbocycles. The molecule has 0 aromatic heterocycles. The van der Waals surface area contributed by atoms with Gasteiger partial charge in [0.2, 0.25) is 0 Å². The van der Waals surface area contributed by atoms with Gasteiger partial charge in [-0.15, -0.1) is 0 Å². The fraction of sp³-hybridized carbons (Fsp3) is 0.716. The minimum atomic E-state index is -4.94. The van der Waals surface area contributed by atoms with Crippen molar-refractivity contribution >= 4 is 33.6 Å². The van der Waals surface area contributed by atoms with E-state index in [0.717, 1.165) is 161 Å². The molecule has 0 aromatic rings. The van der Waals surface area contributed by atoms with E-state index < -0.39 is 91.5 Å². The molecule has 570 valence electrons. The van der Waals surface area contributed by atoms with E-state index in [1.165, 1.54) is 96.3 Å². The number of phosphoric ester groups is 2.